The number of pyridine rings is 1. The third-order valence-corrected chi connectivity index (χ3v) is 3.49. The zero-order chi connectivity index (χ0) is 14.7. The van der Waals surface area contributed by atoms with E-state index < -0.39 is 0 Å². The van der Waals surface area contributed by atoms with Gasteiger partial charge in [0.05, 0.1) is 6.21 Å². The van der Waals surface area contributed by atoms with E-state index in [0.717, 1.165) is 10.0 Å². The van der Waals surface area contributed by atoms with Crippen molar-refractivity contribution in [1.29, 1.82) is 0 Å². The largest absolute Gasteiger partial charge is 0.454 e. The molecule has 0 aliphatic carbocycles. The number of nitrogens with zero attached hydrogens (tertiary/aromatic N) is 2. The zero-order valence-corrected chi connectivity index (χ0v) is 12.3. The lowest BCUT2D eigenvalue weighted by Gasteiger charge is -2.02. The standard InChI is InChI=1S/C14H10BrN3O3/c15-11-6-13-12(20-8-21-13)5-10(11)7-17-18-14(19)9-1-3-16-4-2-9/h1-7H,8H2,(H,18,19). The maximum atomic E-state index is 11.8. The van der Waals surface area contributed by atoms with Gasteiger partial charge in [0, 0.05) is 28.0 Å². The van der Waals surface area contributed by atoms with Crippen molar-refractivity contribution in [3.8, 4) is 11.5 Å². The molecule has 21 heavy (non-hydrogen) atoms. The minimum Gasteiger partial charge on any atom is -0.454 e. The van der Waals surface area contributed by atoms with Gasteiger partial charge in [0.1, 0.15) is 0 Å². The number of hydrogen-bond acceptors (Lipinski definition) is 5. The molecule has 1 aromatic heterocycles. The van der Waals surface area contributed by atoms with Crippen LogP contribution in [-0.2, 0) is 0 Å². The minimum atomic E-state index is -0.300. The molecule has 1 aromatic carbocycles. The van der Waals surface area contributed by atoms with E-state index in [-0.39, 0.29) is 12.7 Å². The van der Waals surface area contributed by atoms with Crippen LogP contribution < -0.4 is 14.9 Å². The molecule has 1 aliphatic rings. The first kappa shape index (κ1) is 13.6. The van der Waals surface area contributed by atoms with Crippen molar-refractivity contribution in [2.75, 3.05) is 6.79 Å². The minimum absolute atomic E-state index is 0.209. The second kappa shape index (κ2) is 5.92. The van der Waals surface area contributed by atoms with E-state index in [1.54, 1.807) is 36.7 Å². The summed E-state index contributed by atoms with van der Waals surface area (Å²) in [5.74, 6) is 1.03. The van der Waals surface area contributed by atoms with Crippen LogP contribution in [0.5, 0.6) is 11.5 Å². The smallest absolute Gasteiger partial charge is 0.271 e. The van der Waals surface area contributed by atoms with Crippen LogP contribution in [0.15, 0.2) is 46.2 Å². The fraction of sp³-hybridized carbons (Fsp3) is 0.0714. The van der Waals surface area contributed by atoms with Crippen molar-refractivity contribution >= 4 is 28.1 Å². The van der Waals surface area contributed by atoms with Crippen LogP contribution in [0.2, 0.25) is 0 Å². The normalized spacial score (nSPS) is 12.6. The highest BCUT2D eigenvalue weighted by atomic mass is 79.9. The lowest BCUT2D eigenvalue weighted by molar-refractivity contribution is 0.0955. The van der Waals surface area contributed by atoms with Crippen LogP contribution in [0.4, 0.5) is 0 Å². The summed E-state index contributed by atoms with van der Waals surface area (Å²) in [7, 11) is 0. The second-order valence-corrected chi connectivity index (χ2v) is 5.02. The third kappa shape index (κ3) is 3.03. The van der Waals surface area contributed by atoms with Crippen molar-refractivity contribution in [3.05, 3.63) is 52.3 Å². The summed E-state index contributed by atoms with van der Waals surface area (Å²) in [5.41, 5.74) is 3.72. The summed E-state index contributed by atoms with van der Waals surface area (Å²) >= 11 is 3.41. The number of carbonyl (C=O) groups is 1. The first-order valence-corrected chi connectivity index (χ1v) is 6.86. The Hall–Kier alpha value is -2.41. The van der Waals surface area contributed by atoms with E-state index in [1.807, 2.05) is 0 Å². The van der Waals surface area contributed by atoms with Crippen LogP contribution in [0, 0.1) is 0 Å². The van der Waals surface area contributed by atoms with Crippen molar-refractivity contribution in [2.45, 2.75) is 0 Å². The fourth-order valence-corrected chi connectivity index (χ4v) is 2.18. The molecule has 0 unspecified atom stereocenters. The Labute approximate surface area is 128 Å². The summed E-state index contributed by atoms with van der Waals surface area (Å²) < 4.78 is 11.4. The van der Waals surface area contributed by atoms with Gasteiger partial charge in [-0.1, -0.05) is 0 Å². The van der Waals surface area contributed by atoms with Crippen LogP contribution in [-0.4, -0.2) is 23.9 Å². The average Bonchev–Trinajstić information content (AvgIpc) is 2.95. The van der Waals surface area contributed by atoms with Gasteiger partial charge in [-0.25, -0.2) is 5.43 Å². The molecule has 3 rings (SSSR count). The SMILES string of the molecule is O=C(NN=Cc1cc2c(cc1Br)OCO2)c1ccncc1. The van der Waals surface area contributed by atoms with Gasteiger partial charge in [0.25, 0.3) is 5.91 Å². The van der Waals surface area contributed by atoms with Gasteiger partial charge >= 0.3 is 0 Å². The van der Waals surface area contributed by atoms with Crippen LogP contribution in [0.3, 0.4) is 0 Å². The van der Waals surface area contributed by atoms with Gasteiger partial charge < -0.3 is 9.47 Å². The number of hydrogen-bond donors (Lipinski definition) is 1. The average molecular weight is 348 g/mol. The number of benzene rings is 1. The number of amides is 1. The highest BCUT2D eigenvalue weighted by Crippen LogP contribution is 2.36. The fourth-order valence-electron chi connectivity index (χ4n) is 1.76. The van der Waals surface area contributed by atoms with E-state index in [9.17, 15) is 4.79 Å². The van der Waals surface area contributed by atoms with E-state index in [2.05, 4.69) is 31.4 Å². The Morgan fingerprint density at radius 1 is 1.29 bits per heavy atom. The van der Waals surface area contributed by atoms with Gasteiger partial charge in [0.15, 0.2) is 11.5 Å². The van der Waals surface area contributed by atoms with Crippen LogP contribution >= 0.6 is 15.9 Å². The molecule has 0 spiro atoms. The van der Waals surface area contributed by atoms with Gasteiger partial charge in [-0.2, -0.15) is 5.10 Å². The Morgan fingerprint density at radius 3 is 2.76 bits per heavy atom. The molecule has 2 heterocycles. The van der Waals surface area contributed by atoms with Gasteiger partial charge in [0.2, 0.25) is 6.79 Å². The molecule has 6 nitrogen and oxygen atoms in total. The Balaban J connectivity index is 1.71. The van der Waals surface area contributed by atoms with E-state index >= 15 is 0 Å². The molecule has 0 atom stereocenters. The van der Waals surface area contributed by atoms with Crippen LogP contribution in [0.1, 0.15) is 15.9 Å². The van der Waals surface area contributed by atoms with Crippen molar-refractivity contribution in [1.82, 2.24) is 10.4 Å². The van der Waals surface area contributed by atoms with E-state index in [4.69, 9.17) is 9.47 Å². The summed E-state index contributed by atoms with van der Waals surface area (Å²) in [6.45, 7) is 0.209. The first-order chi connectivity index (χ1) is 10.2. The number of halogens is 1. The molecule has 1 amide bonds. The number of ether oxygens (including phenoxy) is 2. The summed E-state index contributed by atoms with van der Waals surface area (Å²) in [5, 5.41) is 3.93. The number of nitrogens with one attached hydrogen (secondary N) is 1. The van der Waals surface area contributed by atoms with Crippen molar-refractivity contribution < 1.29 is 14.3 Å². The molecule has 7 heteroatoms. The lowest BCUT2D eigenvalue weighted by atomic mass is 10.2. The quantitative estimate of drug-likeness (QED) is 0.683. The second-order valence-electron chi connectivity index (χ2n) is 4.16. The van der Waals surface area contributed by atoms with E-state index in [0.29, 0.717) is 17.1 Å². The molecule has 0 radical (unpaired) electrons. The number of rotatable bonds is 3. The molecule has 0 bridgehead atoms. The Bertz CT molecular complexity index is 704. The molecule has 106 valence electrons. The molecule has 0 saturated heterocycles. The highest BCUT2D eigenvalue weighted by molar-refractivity contribution is 9.10. The molecule has 1 aliphatic heterocycles. The molecule has 0 fully saturated rings. The van der Waals surface area contributed by atoms with Gasteiger partial charge in [-0.05, 0) is 40.2 Å². The summed E-state index contributed by atoms with van der Waals surface area (Å²) in [6.07, 6.45) is 4.63. The lowest BCUT2D eigenvalue weighted by Crippen LogP contribution is -2.17. The predicted octanol–water partition coefficient (Wildman–Crippen LogP) is 2.34. The number of fused-ring (bicyclic) bond motifs is 1. The maximum absolute atomic E-state index is 11.8. The highest BCUT2D eigenvalue weighted by Gasteiger charge is 2.15. The van der Waals surface area contributed by atoms with Crippen LogP contribution in [0.25, 0.3) is 0 Å². The summed E-state index contributed by atoms with van der Waals surface area (Å²) in [6, 6.07) is 6.81. The molecule has 1 N–H and O–H groups in total. The molecular weight excluding hydrogens is 338 g/mol. The van der Waals surface area contributed by atoms with E-state index in [1.165, 1.54) is 6.21 Å². The monoisotopic (exact) mass is 347 g/mol. The number of aromatic nitrogens is 1. The predicted molar refractivity (Wildman–Crippen MR) is 79.6 cm³/mol. The number of hydrazone groups is 1. The Morgan fingerprint density at radius 2 is 2.00 bits per heavy atom. The van der Waals surface area contributed by atoms with Crippen molar-refractivity contribution in [3.63, 3.8) is 0 Å². The first-order valence-electron chi connectivity index (χ1n) is 6.06. The number of carbonyl (C=O) groups excluding carboxylic acids is 1. The van der Waals surface area contributed by atoms with Gasteiger partial charge in [-0.3, -0.25) is 9.78 Å². The Kier molecular flexibility index (Phi) is 3.83. The van der Waals surface area contributed by atoms with Crippen molar-refractivity contribution in [2.24, 2.45) is 5.10 Å². The third-order valence-electron chi connectivity index (χ3n) is 2.80. The zero-order valence-electron chi connectivity index (χ0n) is 10.7. The molecular formula is C14H10BrN3O3. The maximum Gasteiger partial charge on any atom is 0.271 e. The topological polar surface area (TPSA) is 72.8 Å². The summed E-state index contributed by atoms with van der Waals surface area (Å²) in [4.78, 5) is 15.6. The molecule has 2 aromatic rings. The van der Waals surface area contributed by atoms with Gasteiger partial charge in [-0.15, -0.1) is 0 Å². The molecule has 0 saturated carbocycles.